The molecule has 1 atom stereocenters. The molecular formula is C20H19Cl2N3O. The first-order chi connectivity index (χ1) is 12.5. The molecule has 0 bridgehead atoms. The van der Waals surface area contributed by atoms with Gasteiger partial charge in [0.2, 0.25) is 5.91 Å². The van der Waals surface area contributed by atoms with Crippen molar-refractivity contribution in [3.8, 4) is 6.07 Å². The average molecular weight is 388 g/mol. The topological polar surface area (TPSA) is 56.1 Å². The van der Waals surface area contributed by atoms with Crippen LogP contribution in [0, 0.1) is 17.2 Å². The molecule has 1 heterocycles. The van der Waals surface area contributed by atoms with E-state index in [1.54, 1.807) is 30.3 Å². The molecule has 0 radical (unpaired) electrons. The van der Waals surface area contributed by atoms with E-state index in [0.717, 1.165) is 24.9 Å². The number of hydrogen-bond donors (Lipinski definition) is 1. The predicted octanol–water partition coefficient (Wildman–Crippen LogP) is 4.72. The number of nitrogens with zero attached hydrogens (tertiary/aromatic N) is 2. The Morgan fingerprint density at radius 3 is 2.88 bits per heavy atom. The summed E-state index contributed by atoms with van der Waals surface area (Å²) in [5.41, 5.74) is 2.20. The highest BCUT2D eigenvalue weighted by Gasteiger charge is 2.26. The molecule has 1 aliphatic heterocycles. The van der Waals surface area contributed by atoms with Crippen LogP contribution in [0.2, 0.25) is 10.0 Å². The number of anilines is 1. The summed E-state index contributed by atoms with van der Waals surface area (Å²) in [7, 11) is 0. The Balaban J connectivity index is 1.62. The van der Waals surface area contributed by atoms with Crippen molar-refractivity contribution in [2.24, 2.45) is 5.92 Å². The fourth-order valence-corrected chi connectivity index (χ4v) is 3.68. The van der Waals surface area contributed by atoms with E-state index in [9.17, 15) is 4.79 Å². The van der Waals surface area contributed by atoms with Crippen molar-refractivity contribution < 1.29 is 4.79 Å². The summed E-state index contributed by atoms with van der Waals surface area (Å²) >= 11 is 12.2. The number of piperidine rings is 1. The fraction of sp³-hybridized carbons (Fsp3) is 0.300. The van der Waals surface area contributed by atoms with E-state index in [0.29, 0.717) is 34.4 Å². The van der Waals surface area contributed by atoms with Crippen LogP contribution in [0.1, 0.15) is 24.0 Å². The van der Waals surface area contributed by atoms with Gasteiger partial charge in [0.25, 0.3) is 0 Å². The van der Waals surface area contributed by atoms with Gasteiger partial charge in [-0.2, -0.15) is 5.26 Å². The van der Waals surface area contributed by atoms with Crippen LogP contribution in [0.5, 0.6) is 0 Å². The number of halogens is 2. The van der Waals surface area contributed by atoms with E-state index < -0.39 is 0 Å². The van der Waals surface area contributed by atoms with Gasteiger partial charge in [0, 0.05) is 28.8 Å². The summed E-state index contributed by atoms with van der Waals surface area (Å²) in [6, 6.07) is 14.6. The van der Waals surface area contributed by atoms with Crippen molar-refractivity contribution in [1.29, 1.82) is 5.26 Å². The summed E-state index contributed by atoms with van der Waals surface area (Å²) in [6.07, 6.45) is 1.82. The molecule has 2 aromatic carbocycles. The molecule has 4 nitrogen and oxygen atoms in total. The first-order valence-electron chi connectivity index (χ1n) is 8.52. The Bertz CT molecular complexity index is 847. The second kappa shape index (κ2) is 8.55. The van der Waals surface area contributed by atoms with E-state index in [2.05, 4.69) is 16.3 Å². The van der Waals surface area contributed by atoms with Gasteiger partial charge in [-0.25, -0.2) is 0 Å². The molecule has 0 aliphatic carbocycles. The minimum atomic E-state index is -0.0828. The molecule has 0 aromatic heterocycles. The van der Waals surface area contributed by atoms with Crippen molar-refractivity contribution in [2.45, 2.75) is 19.4 Å². The number of nitrogens with one attached hydrogen (secondary N) is 1. The SMILES string of the molecule is N#Cc1cccc(NC(=O)C2CCCN(Cc3ccc(Cl)cc3Cl)C2)c1. The van der Waals surface area contributed by atoms with Gasteiger partial charge in [0.1, 0.15) is 0 Å². The van der Waals surface area contributed by atoms with Gasteiger partial charge < -0.3 is 5.32 Å². The van der Waals surface area contributed by atoms with Crippen LogP contribution in [-0.2, 0) is 11.3 Å². The highest BCUT2D eigenvalue weighted by Crippen LogP contribution is 2.25. The van der Waals surface area contributed by atoms with Crippen molar-refractivity contribution in [3.05, 3.63) is 63.6 Å². The van der Waals surface area contributed by atoms with Crippen LogP contribution >= 0.6 is 23.2 Å². The van der Waals surface area contributed by atoms with Crippen molar-refractivity contribution in [1.82, 2.24) is 4.90 Å². The normalized spacial score (nSPS) is 17.5. The molecule has 1 amide bonds. The zero-order chi connectivity index (χ0) is 18.5. The second-order valence-corrected chi connectivity index (χ2v) is 7.34. The van der Waals surface area contributed by atoms with Gasteiger partial charge in [-0.1, -0.05) is 35.3 Å². The fourth-order valence-electron chi connectivity index (χ4n) is 3.21. The van der Waals surface area contributed by atoms with E-state index in [1.807, 2.05) is 12.1 Å². The Morgan fingerprint density at radius 2 is 2.12 bits per heavy atom. The molecule has 3 rings (SSSR count). The molecule has 1 saturated heterocycles. The third kappa shape index (κ3) is 4.76. The zero-order valence-corrected chi connectivity index (χ0v) is 15.7. The number of carbonyl (C=O) groups is 1. The van der Waals surface area contributed by atoms with Crippen LogP contribution in [0.4, 0.5) is 5.69 Å². The molecule has 1 aliphatic rings. The van der Waals surface area contributed by atoms with Crippen LogP contribution in [-0.4, -0.2) is 23.9 Å². The van der Waals surface area contributed by atoms with Gasteiger partial charge in [0.15, 0.2) is 0 Å². The third-order valence-electron chi connectivity index (χ3n) is 4.54. The standard InChI is InChI=1S/C20H19Cl2N3O/c21-17-7-6-15(19(22)10-17)12-25-8-2-4-16(13-25)20(26)24-18-5-1-3-14(9-18)11-23/h1,3,5-7,9-10,16H,2,4,8,12-13H2,(H,24,26). The van der Waals surface area contributed by atoms with E-state index in [-0.39, 0.29) is 11.8 Å². The first-order valence-corrected chi connectivity index (χ1v) is 9.28. The highest BCUT2D eigenvalue weighted by molar-refractivity contribution is 6.35. The Morgan fingerprint density at radius 1 is 1.27 bits per heavy atom. The molecule has 1 fully saturated rings. The largest absolute Gasteiger partial charge is 0.326 e. The lowest BCUT2D eigenvalue weighted by atomic mass is 9.96. The van der Waals surface area contributed by atoms with Crippen molar-refractivity contribution in [3.63, 3.8) is 0 Å². The van der Waals surface area contributed by atoms with E-state index in [1.165, 1.54) is 0 Å². The first kappa shape index (κ1) is 18.7. The van der Waals surface area contributed by atoms with E-state index in [4.69, 9.17) is 28.5 Å². The molecule has 0 saturated carbocycles. The summed E-state index contributed by atoms with van der Waals surface area (Å²) in [6.45, 7) is 2.32. The van der Waals surface area contributed by atoms with Crippen molar-refractivity contribution in [2.75, 3.05) is 18.4 Å². The van der Waals surface area contributed by atoms with Gasteiger partial charge in [-0.3, -0.25) is 9.69 Å². The lowest BCUT2D eigenvalue weighted by Gasteiger charge is -2.32. The number of benzene rings is 2. The summed E-state index contributed by atoms with van der Waals surface area (Å²) in [5, 5.41) is 13.2. The average Bonchev–Trinajstić information content (AvgIpc) is 2.64. The van der Waals surface area contributed by atoms with Gasteiger partial charge in [-0.05, 0) is 55.3 Å². The molecule has 26 heavy (non-hydrogen) atoms. The lowest BCUT2D eigenvalue weighted by molar-refractivity contribution is -0.121. The molecule has 134 valence electrons. The number of rotatable bonds is 4. The van der Waals surface area contributed by atoms with Gasteiger partial charge in [0.05, 0.1) is 17.6 Å². The maximum absolute atomic E-state index is 12.6. The maximum atomic E-state index is 12.6. The van der Waals surface area contributed by atoms with E-state index >= 15 is 0 Å². The Kier molecular flexibility index (Phi) is 6.16. The molecule has 1 N–H and O–H groups in total. The summed E-state index contributed by atoms with van der Waals surface area (Å²) < 4.78 is 0. The third-order valence-corrected chi connectivity index (χ3v) is 5.13. The zero-order valence-electron chi connectivity index (χ0n) is 14.2. The smallest absolute Gasteiger partial charge is 0.228 e. The molecule has 6 heteroatoms. The van der Waals surface area contributed by atoms with Gasteiger partial charge in [-0.15, -0.1) is 0 Å². The minimum Gasteiger partial charge on any atom is -0.326 e. The quantitative estimate of drug-likeness (QED) is 0.825. The number of hydrogen-bond acceptors (Lipinski definition) is 3. The Labute approximate surface area is 163 Å². The van der Waals surface area contributed by atoms with Crippen LogP contribution < -0.4 is 5.32 Å². The van der Waals surface area contributed by atoms with Crippen LogP contribution in [0.15, 0.2) is 42.5 Å². The second-order valence-electron chi connectivity index (χ2n) is 6.49. The highest BCUT2D eigenvalue weighted by atomic mass is 35.5. The minimum absolute atomic E-state index is 0.00741. The molecule has 1 unspecified atom stereocenters. The molecule has 0 spiro atoms. The number of amides is 1. The Hall–Kier alpha value is -2.06. The van der Waals surface area contributed by atoms with Gasteiger partial charge >= 0.3 is 0 Å². The van der Waals surface area contributed by atoms with Crippen LogP contribution in [0.3, 0.4) is 0 Å². The number of nitriles is 1. The van der Waals surface area contributed by atoms with Crippen molar-refractivity contribution >= 4 is 34.8 Å². The maximum Gasteiger partial charge on any atom is 0.228 e. The number of likely N-dealkylation sites (tertiary alicyclic amines) is 1. The monoisotopic (exact) mass is 387 g/mol. The lowest BCUT2D eigenvalue weighted by Crippen LogP contribution is -2.40. The van der Waals surface area contributed by atoms with Crippen LogP contribution in [0.25, 0.3) is 0 Å². The predicted molar refractivity (Wildman–Crippen MR) is 104 cm³/mol. The molecule has 2 aromatic rings. The summed E-state index contributed by atoms with van der Waals surface area (Å²) in [4.78, 5) is 14.9. The number of carbonyl (C=O) groups excluding carboxylic acids is 1. The summed E-state index contributed by atoms with van der Waals surface area (Å²) in [5.74, 6) is -0.0902. The molecular weight excluding hydrogens is 369 g/mol.